The van der Waals surface area contributed by atoms with Gasteiger partial charge >= 0.3 is 17.2 Å². The van der Waals surface area contributed by atoms with Crippen LogP contribution >= 0.6 is 0 Å². The standard InChI is InChI=1S/C18H18N4O4/c1-21-16(17(23)19-12-4-8-14(25-2)9-5-12)18(24)22(20-21)13-6-10-15(26-3)11-7-13/h4-11H,1-3H3,(H-,19,20,23,24)/p+1. The van der Waals surface area contributed by atoms with Crippen molar-refractivity contribution < 1.29 is 19.0 Å². The van der Waals surface area contributed by atoms with Gasteiger partial charge in [-0.1, -0.05) is 9.90 Å². The van der Waals surface area contributed by atoms with Crippen LogP contribution in [0.2, 0.25) is 0 Å². The molecule has 8 nitrogen and oxygen atoms in total. The van der Waals surface area contributed by atoms with Crippen LogP contribution in [0.5, 0.6) is 11.5 Å². The summed E-state index contributed by atoms with van der Waals surface area (Å²) in [4.78, 5) is 25.2. The fraction of sp³-hybridized carbons (Fsp3) is 0.167. The lowest BCUT2D eigenvalue weighted by Gasteiger charge is -2.03. The number of benzene rings is 2. The van der Waals surface area contributed by atoms with Crippen molar-refractivity contribution in [1.82, 2.24) is 9.90 Å². The van der Waals surface area contributed by atoms with Gasteiger partial charge in [0.1, 0.15) is 18.5 Å². The number of aromatic amines is 1. The molecule has 1 amide bonds. The van der Waals surface area contributed by atoms with Crippen LogP contribution in [0, 0.1) is 0 Å². The summed E-state index contributed by atoms with van der Waals surface area (Å²) >= 11 is 0. The Balaban J connectivity index is 1.88. The Morgan fingerprint density at radius 2 is 1.54 bits per heavy atom. The molecule has 0 fully saturated rings. The maximum atomic E-state index is 12.7. The predicted octanol–water partition coefficient (Wildman–Crippen LogP) is 1.26. The summed E-state index contributed by atoms with van der Waals surface area (Å²) in [5, 5.41) is 5.56. The summed E-state index contributed by atoms with van der Waals surface area (Å²) in [6.45, 7) is 0. The lowest BCUT2D eigenvalue weighted by atomic mass is 10.3. The number of methoxy groups -OCH3 is 2. The van der Waals surface area contributed by atoms with Crippen LogP contribution in [0.3, 0.4) is 0 Å². The maximum Gasteiger partial charge on any atom is 0.411 e. The van der Waals surface area contributed by atoms with Crippen LogP contribution in [-0.4, -0.2) is 30.0 Å². The molecule has 0 aliphatic heterocycles. The number of aryl methyl sites for hydroxylation is 1. The Kier molecular flexibility index (Phi) is 4.74. The molecule has 26 heavy (non-hydrogen) atoms. The van der Waals surface area contributed by atoms with E-state index < -0.39 is 11.5 Å². The highest BCUT2D eigenvalue weighted by Crippen LogP contribution is 2.15. The first kappa shape index (κ1) is 17.3. The van der Waals surface area contributed by atoms with E-state index in [1.807, 2.05) is 0 Å². The number of rotatable bonds is 5. The van der Waals surface area contributed by atoms with Crippen molar-refractivity contribution >= 4 is 11.6 Å². The first-order chi connectivity index (χ1) is 12.5. The summed E-state index contributed by atoms with van der Waals surface area (Å²) < 4.78 is 12.9. The summed E-state index contributed by atoms with van der Waals surface area (Å²) in [7, 11) is 4.73. The number of hydrogen-bond acceptors (Lipinski definition) is 4. The van der Waals surface area contributed by atoms with Crippen LogP contribution in [0.1, 0.15) is 10.5 Å². The molecule has 0 atom stereocenters. The highest BCUT2D eigenvalue weighted by atomic mass is 16.5. The third-order valence-electron chi connectivity index (χ3n) is 3.88. The van der Waals surface area contributed by atoms with Gasteiger partial charge in [0, 0.05) is 5.69 Å². The van der Waals surface area contributed by atoms with Gasteiger partial charge < -0.3 is 14.8 Å². The summed E-state index contributed by atoms with van der Waals surface area (Å²) in [5.41, 5.74) is 0.683. The van der Waals surface area contributed by atoms with Crippen LogP contribution in [0.4, 0.5) is 5.69 Å². The Morgan fingerprint density at radius 1 is 1.00 bits per heavy atom. The summed E-state index contributed by atoms with van der Waals surface area (Å²) in [5.74, 6) is 0.846. The lowest BCUT2D eigenvalue weighted by molar-refractivity contribution is -0.733. The highest BCUT2D eigenvalue weighted by Gasteiger charge is 2.27. The van der Waals surface area contributed by atoms with Gasteiger partial charge in [-0.2, -0.15) is 4.68 Å². The molecule has 2 aromatic carbocycles. The maximum absolute atomic E-state index is 12.7. The smallest absolute Gasteiger partial charge is 0.411 e. The fourth-order valence-corrected chi connectivity index (χ4v) is 2.52. The quantitative estimate of drug-likeness (QED) is 0.675. The minimum absolute atomic E-state index is 0.0170. The van der Waals surface area contributed by atoms with Gasteiger partial charge in [0.15, 0.2) is 5.69 Å². The van der Waals surface area contributed by atoms with E-state index in [4.69, 9.17) is 9.47 Å². The third kappa shape index (κ3) is 3.30. The molecular weight excluding hydrogens is 336 g/mol. The molecule has 134 valence electrons. The van der Waals surface area contributed by atoms with E-state index in [-0.39, 0.29) is 5.69 Å². The second-order valence-corrected chi connectivity index (χ2v) is 5.53. The average molecular weight is 355 g/mol. The van der Waals surface area contributed by atoms with E-state index in [2.05, 4.69) is 10.5 Å². The molecule has 0 aliphatic carbocycles. The van der Waals surface area contributed by atoms with Crippen molar-refractivity contribution in [3.05, 3.63) is 64.6 Å². The van der Waals surface area contributed by atoms with Crippen LogP contribution in [0.25, 0.3) is 5.69 Å². The number of carbonyl (C=O) groups is 1. The van der Waals surface area contributed by atoms with E-state index in [9.17, 15) is 9.59 Å². The van der Waals surface area contributed by atoms with Gasteiger partial charge in [-0.15, -0.1) is 0 Å². The van der Waals surface area contributed by atoms with Crippen molar-refractivity contribution in [1.29, 1.82) is 0 Å². The van der Waals surface area contributed by atoms with E-state index in [0.29, 0.717) is 22.9 Å². The Labute approximate surface area is 149 Å². The SMILES string of the molecule is COc1ccc(NC(=O)c2c(=O)n(-c3ccc(OC)cc3)[nH][n+]2C)cc1. The molecule has 0 aliphatic rings. The van der Waals surface area contributed by atoms with E-state index >= 15 is 0 Å². The number of ether oxygens (including phenoxy) is 2. The largest absolute Gasteiger partial charge is 0.497 e. The van der Waals surface area contributed by atoms with Crippen molar-refractivity contribution in [2.24, 2.45) is 7.05 Å². The number of carbonyl (C=O) groups excluding carboxylic acids is 1. The van der Waals surface area contributed by atoms with E-state index in [0.717, 1.165) is 0 Å². The van der Waals surface area contributed by atoms with Gasteiger partial charge in [0.05, 0.1) is 14.2 Å². The average Bonchev–Trinajstić information content (AvgIpc) is 2.96. The predicted molar refractivity (Wildman–Crippen MR) is 95.1 cm³/mol. The molecule has 1 heterocycles. The topological polar surface area (TPSA) is 89.2 Å². The third-order valence-corrected chi connectivity index (χ3v) is 3.88. The Bertz CT molecular complexity index is 972. The Hall–Kier alpha value is -3.55. The minimum Gasteiger partial charge on any atom is -0.497 e. The first-order valence-corrected chi connectivity index (χ1v) is 7.84. The molecule has 0 saturated carbocycles. The monoisotopic (exact) mass is 355 g/mol. The van der Waals surface area contributed by atoms with E-state index in [1.165, 1.54) is 9.36 Å². The zero-order valence-corrected chi connectivity index (χ0v) is 14.6. The second kappa shape index (κ2) is 7.14. The molecule has 0 unspecified atom stereocenters. The normalized spacial score (nSPS) is 10.4. The number of nitrogens with one attached hydrogen (secondary N) is 2. The molecule has 0 radical (unpaired) electrons. The zero-order valence-electron chi connectivity index (χ0n) is 14.6. The van der Waals surface area contributed by atoms with Gasteiger partial charge in [-0.05, 0) is 48.5 Å². The molecule has 2 N–H and O–H groups in total. The molecule has 8 heteroatoms. The van der Waals surface area contributed by atoms with Gasteiger partial charge in [0.25, 0.3) is 0 Å². The number of nitrogens with zero attached hydrogens (tertiary/aromatic N) is 2. The second-order valence-electron chi connectivity index (χ2n) is 5.53. The molecule has 1 aromatic heterocycles. The van der Waals surface area contributed by atoms with Crippen LogP contribution in [-0.2, 0) is 7.05 Å². The summed E-state index contributed by atoms with van der Waals surface area (Å²) in [6.07, 6.45) is 0. The van der Waals surface area contributed by atoms with Gasteiger partial charge in [-0.25, -0.2) is 4.79 Å². The number of anilines is 1. The van der Waals surface area contributed by atoms with Gasteiger partial charge in [-0.3, -0.25) is 4.79 Å². The van der Waals surface area contributed by atoms with Crippen molar-refractivity contribution in [3.8, 4) is 17.2 Å². The number of aromatic nitrogens is 3. The molecule has 0 saturated heterocycles. The number of amides is 1. The number of hydrogen-bond donors (Lipinski definition) is 2. The van der Waals surface area contributed by atoms with E-state index in [1.54, 1.807) is 69.8 Å². The van der Waals surface area contributed by atoms with Crippen LogP contribution in [0.15, 0.2) is 53.3 Å². The zero-order chi connectivity index (χ0) is 18.7. The van der Waals surface area contributed by atoms with Crippen molar-refractivity contribution in [2.75, 3.05) is 19.5 Å². The number of H-pyrrole nitrogens is 1. The molecule has 3 rings (SSSR count). The minimum atomic E-state index is -0.508. The van der Waals surface area contributed by atoms with Crippen LogP contribution < -0.4 is 25.0 Å². The molecule has 3 aromatic rings. The van der Waals surface area contributed by atoms with Crippen molar-refractivity contribution in [3.63, 3.8) is 0 Å². The lowest BCUT2D eigenvalue weighted by Crippen LogP contribution is -2.41. The molecule has 0 bridgehead atoms. The molecular formula is C18H19N4O4+. The highest BCUT2D eigenvalue weighted by molar-refractivity contribution is 6.01. The first-order valence-electron chi connectivity index (χ1n) is 7.84. The summed E-state index contributed by atoms with van der Waals surface area (Å²) in [6, 6.07) is 13.8. The fourth-order valence-electron chi connectivity index (χ4n) is 2.52. The van der Waals surface area contributed by atoms with Crippen molar-refractivity contribution in [2.45, 2.75) is 0 Å². The molecule has 0 spiro atoms. The van der Waals surface area contributed by atoms with Gasteiger partial charge in [0.2, 0.25) is 0 Å². The Morgan fingerprint density at radius 3 is 2.08 bits per heavy atom.